The zero-order valence-corrected chi connectivity index (χ0v) is 7.58. The first-order valence-electron chi connectivity index (χ1n) is 4.26. The van der Waals surface area contributed by atoms with Crippen LogP contribution in [0.3, 0.4) is 0 Å². The van der Waals surface area contributed by atoms with Crippen molar-refractivity contribution in [2.75, 3.05) is 13.2 Å². The minimum atomic E-state index is -4.40. The van der Waals surface area contributed by atoms with Gasteiger partial charge in [-0.1, -0.05) is 0 Å². The Hall–Kier alpha value is -1.14. The molecule has 1 aromatic heterocycles. The van der Waals surface area contributed by atoms with Gasteiger partial charge in [0, 0.05) is 6.20 Å². The third kappa shape index (κ3) is 1.82. The fraction of sp³-hybridized carbons (Fsp3) is 0.444. The van der Waals surface area contributed by atoms with Crippen molar-refractivity contribution in [3.05, 3.63) is 29.6 Å². The molecule has 0 amide bonds. The molecule has 1 aliphatic heterocycles. The third-order valence-corrected chi connectivity index (χ3v) is 2.25. The molecule has 0 saturated carbocycles. The molecule has 1 N–H and O–H groups in total. The van der Waals surface area contributed by atoms with E-state index in [0.717, 1.165) is 6.07 Å². The Kier molecular flexibility index (Phi) is 2.20. The fourth-order valence-electron chi connectivity index (χ4n) is 1.28. The van der Waals surface area contributed by atoms with Crippen molar-refractivity contribution < 1.29 is 23.0 Å². The summed E-state index contributed by atoms with van der Waals surface area (Å²) in [4.78, 5) is 3.59. The van der Waals surface area contributed by atoms with Crippen molar-refractivity contribution in [2.24, 2.45) is 0 Å². The summed E-state index contributed by atoms with van der Waals surface area (Å²) in [6.45, 7) is 0.150. The summed E-state index contributed by atoms with van der Waals surface area (Å²) in [6, 6.07) is 2.07. The molecule has 1 aromatic rings. The van der Waals surface area contributed by atoms with Gasteiger partial charge in [0.15, 0.2) is 5.60 Å². The number of alkyl halides is 3. The second-order valence-corrected chi connectivity index (χ2v) is 3.45. The summed E-state index contributed by atoms with van der Waals surface area (Å²) in [5.74, 6) is 0. The van der Waals surface area contributed by atoms with Crippen LogP contribution in [0.5, 0.6) is 0 Å². The first kappa shape index (κ1) is 10.4. The van der Waals surface area contributed by atoms with Crippen LogP contribution < -0.4 is 0 Å². The van der Waals surface area contributed by atoms with Crippen molar-refractivity contribution in [2.45, 2.75) is 11.8 Å². The van der Waals surface area contributed by atoms with Gasteiger partial charge in [0.2, 0.25) is 0 Å². The van der Waals surface area contributed by atoms with Crippen LogP contribution in [0, 0.1) is 0 Å². The van der Waals surface area contributed by atoms with Crippen LogP contribution >= 0.6 is 0 Å². The predicted molar refractivity (Wildman–Crippen MR) is 44.0 cm³/mol. The first-order valence-corrected chi connectivity index (χ1v) is 4.26. The number of ether oxygens (including phenoxy) is 1. The highest BCUT2D eigenvalue weighted by molar-refractivity contribution is 5.22. The number of rotatable bonds is 1. The summed E-state index contributed by atoms with van der Waals surface area (Å²) >= 11 is 0. The molecule has 6 heteroatoms. The molecule has 0 aliphatic carbocycles. The second kappa shape index (κ2) is 3.18. The third-order valence-electron chi connectivity index (χ3n) is 2.25. The van der Waals surface area contributed by atoms with Crippen LogP contribution in [0.2, 0.25) is 0 Å². The maximum atomic E-state index is 12.2. The van der Waals surface area contributed by atoms with E-state index in [1.165, 1.54) is 6.07 Å². The maximum Gasteiger partial charge on any atom is 0.417 e. The van der Waals surface area contributed by atoms with Gasteiger partial charge < -0.3 is 9.84 Å². The summed E-state index contributed by atoms with van der Waals surface area (Å²) < 4.78 is 41.3. The lowest BCUT2D eigenvalue weighted by Gasteiger charge is -2.35. The molecule has 1 fully saturated rings. The number of aliphatic hydroxyl groups is 1. The molecule has 2 rings (SSSR count). The molecule has 3 nitrogen and oxygen atoms in total. The van der Waals surface area contributed by atoms with Crippen molar-refractivity contribution in [1.29, 1.82) is 0 Å². The maximum absolute atomic E-state index is 12.2. The molecule has 0 bridgehead atoms. The van der Waals surface area contributed by atoms with E-state index in [0.29, 0.717) is 6.20 Å². The summed E-state index contributed by atoms with van der Waals surface area (Å²) in [5.41, 5.74) is -1.83. The van der Waals surface area contributed by atoms with E-state index >= 15 is 0 Å². The summed E-state index contributed by atoms with van der Waals surface area (Å²) in [5, 5.41) is 9.71. The van der Waals surface area contributed by atoms with Crippen LogP contribution in [0.15, 0.2) is 18.3 Å². The number of pyridine rings is 1. The molecule has 0 aromatic carbocycles. The fourth-order valence-corrected chi connectivity index (χ4v) is 1.28. The first-order chi connectivity index (χ1) is 6.92. The van der Waals surface area contributed by atoms with Gasteiger partial charge in [-0.25, -0.2) is 0 Å². The van der Waals surface area contributed by atoms with Crippen LogP contribution in [0.1, 0.15) is 11.3 Å². The lowest BCUT2D eigenvalue weighted by atomic mass is 9.97. The van der Waals surface area contributed by atoms with Crippen LogP contribution in [-0.2, 0) is 16.5 Å². The number of nitrogens with zero attached hydrogens (tertiary/aromatic N) is 1. The highest BCUT2D eigenvalue weighted by Gasteiger charge is 2.40. The van der Waals surface area contributed by atoms with E-state index in [9.17, 15) is 18.3 Å². The monoisotopic (exact) mass is 219 g/mol. The normalized spacial score (nSPS) is 19.7. The molecule has 1 saturated heterocycles. The van der Waals surface area contributed by atoms with Gasteiger partial charge in [-0.05, 0) is 12.1 Å². The molecule has 15 heavy (non-hydrogen) atoms. The van der Waals surface area contributed by atoms with Crippen LogP contribution in [-0.4, -0.2) is 23.3 Å². The van der Waals surface area contributed by atoms with Gasteiger partial charge in [-0.2, -0.15) is 13.2 Å². The highest BCUT2D eigenvalue weighted by Crippen LogP contribution is 2.31. The van der Waals surface area contributed by atoms with E-state index in [-0.39, 0.29) is 18.9 Å². The number of hydrogen-bond donors (Lipinski definition) is 1. The minimum absolute atomic E-state index is 0.0748. The molecule has 1 aliphatic rings. The Morgan fingerprint density at radius 3 is 2.33 bits per heavy atom. The zero-order chi connectivity index (χ0) is 11.1. The second-order valence-electron chi connectivity index (χ2n) is 3.45. The Morgan fingerprint density at radius 1 is 1.33 bits per heavy atom. The summed E-state index contributed by atoms with van der Waals surface area (Å²) in [6.07, 6.45) is -3.68. The smallest absolute Gasteiger partial charge is 0.379 e. The predicted octanol–water partition coefficient (Wildman–Crippen LogP) is 1.32. The standard InChI is InChI=1S/C9H8F3NO2/c10-9(11,12)6-1-2-7(13-3-6)8(14)4-15-5-8/h1-3,14H,4-5H2. The van der Waals surface area contributed by atoms with Crippen LogP contribution in [0.4, 0.5) is 13.2 Å². The van der Waals surface area contributed by atoms with E-state index in [2.05, 4.69) is 4.98 Å². The van der Waals surface area contributed by atoms with Crippen LogP contribution in [0.25, 0.3) is 0 Å². The SMILES string of the molecule is OC1(c2ccc(C(F)(F)F)cn2)COC1. The van der Waals surface area contributed by atoms with Gasteiger partial charge in [0.05, 0.1) is 24.5 Å². The lowest BCUT2D eigenvalue weighted by Crippen LogP contribution is -2.47. The zero-order valence-electron chi connectivity index (χ0n) is 7.58. The molecule has 2 heterocycles. The number of halogens is 3. The van der Waals surface area contributed by atoms with E-state index in [1.807, 2.05) is 0 Å². The Morgan fingerprint density at radius 2 is 2.00 bits per heavy atom. The van der Waals surface area contributed by atoms with Gasteiger partial charge >= 0.3 is 6.18 Å². The van der Waals surface area contributed by atoms with Gasteiger partial charge in [0.25, 0.3) is 0 Å². The van der Waals surface area contributed by atoms with Crippen molar-refractivity contribution in [1.82, 2.24) is 4.98 Å². The van der Waals surface area contributed by atoms with Crippen molar-refractivity contribution in [3.63, 3.8) is 0 Å². The molecule has 0 spiro atoms. The quantitative estimate of drug-likeness (QED) is 0.774. The van der Waals surface area contributed by atoms with E-state index in [1.54, 1.807) is 0 Å². The average molecular weight is 219 g/mol. The van der Waals surface area contributed by atoms with Crippen molar-refractivity contribution >= 4 is 0 Å². The Balaban J connectivity index is 2.24. The molecule has 0 radical (unpaired) electrons. The number of aromatic nitrogens is 1. The molecular formula is C9H8F3NO2. The molecular weight excluding hydrogens is 211 g/mol. The van der Waals surface area contributed by atoms with Crippen molar-refractivity contribution in [3.8, 4) is 0 Å². The van der Waals surface area contributed by atoms with Gasteiger partial charge in [-0.3, -0.25) is 4.98 Å². The van der Waals surface area contributed by atoms with E-state index in [4.69, 9.17) is 4.74 Å². The molecule has 0 unspecified atom stereocenters. The summed E-state index contributed by atoms with van der Waals surface area (Å²) in [7, 11) is 0. The van der Waals surface area contributed by atoms with Gasteiger partial charge in [-0.15, -0.1) is 0 Å². The Labute approximate surface area is 83.5 Å². The minimum Gasteiger partial charge on any atom is -0.379 e. The highest BCUT2D eigenvalue weighted by atomic mass is 19.4. The average Bonchev–Trinajstić information content (AvgIpc) is 2.13. The molecule has 82 valence electrons. The lowest BCUT2D eigenvalue weighted by molar-refractivity contribution is -0.187. The molecule has 0 atom stereocenters. The largest absolute Gasteiger partial charge is 0.417 e. The topological polar surface area (TPSA) is 42.4 Å². The Bertz CT molecular complexity index is 357. The van der Waals surface area contributed by atoms with E-state index < -0.39 is 17.3 Å². The van der Waals surface area contributed by atoms with Gasteiger partial charge in [0.1, 0.15) is 0 Å². The number of hydrogen-bond acceptors (Lipinski definition) is 3.